The Labute approximate surface area is 132 Å². The maximum Gasteiger partial charge on any atom is 0.319 e. The lowest BCUT2D eigenvalue weighted by atomic mass is 9.96. The summed E-state index contributed by atoms with van der Waals surface area (Å²) in [4.78, 5) is 27.0. The number of urea groups is 1. The van der Waals surface area contributed by atoms with Gasteiger partial charge in [-0.2, -0.15) is 0 Å². The number of benzene rings is 1. The standard InChI is InChI=1S/C15H17N3O3S/c1-22-10-4-2-9(3-5-10)13-12-11(16-15(21)17-13)8-18(6-7-19)14(12)20/h2-5,13,19H,6-8H2,1H3,(H2,16,17,21). The summed E-state index contributed by atoms with van der Waals surface area (Å²) < 4.78 is 0. The molecule has 116 valence electrons. The van der Waals surface area contributed by atoms with Crippen LogP contribution < -0.4 is 10.6 Å². The van der Waals surface area contributed by atoms with Crippen molar-refractivity contribution < 1.29 is 14.7 Å². The predicted molar refractivity (Wildman–Crippen MR) is 83.3 cm³/mol. The lowest BCUT2D eigenvalue weighted by Crippen LogP contribution is -2.44. The zero-order chi connectivity index (χ0) is 15.7. The fourth-order valence-electron chi connectivity index (χ4n) is 2.78. The number of aliphatic hydroxyl groups excluding tert-OH is 1. The maximum atomic E-state index is 12.5. The Morgan fingerprint density at radius 2 is 2.05 bits per heavy atom. The highest BCUT2D eigenvalue weighted by molar-refractivity contribution is 7.98. The van der Waals surface area contributed by atoms with Crippen molar-refractivity contribution in [2.24, 2.45) is 0 Å². The molecule has 0 fully saturated rings. The third-order valence-corrected chi connectivity index (χ3v) is 4.58. The Balaban J connectivity index is 1.94. The minimum atomic E-state index is -0.448. The quantitative estimate of drug-likeness (QED) is 0.719. The lowest BCUT2D eigenvalue weighted by molar-refractivity contribution is -0.126. The van der Waals surface area contributed by atoms with Crippen molar-refractivity contribution in [3.8, 4) is 0 Å². The van der Waals surface area contributed by atoms with E-state index in [1.165, 1.54) is 0 Å². The highest BCUT2D eigenvalue weighted by Crippen LogP contribution is 2.32. The van der Waals surface area contributed by atoms with Gasteiger partial charge in [0.15, 0.2) is 0 Å². The normalized spacial score (nSPS) is 20.8. The number of aliphatic hydroxyl groups is 1. The molecule has 2 aliphatic rings. The fraction of sp³-hybridized carbons (Fsp3) is 0.333. The highest BCUT2D eigenvalue weighted by atomic mass is 32.2. The van der Waals surface area contributed by atoms with Gasteiger partial charge >= 0.3 is 6.03 Å². The summed E-state index contributed by atoms with van der Waals surface area (Å²) in [6.45, 7) is 0.502. The number of carbonyl (C=O) groups excluding carboxylic acids is 2. The number of β-amino-alcohol motifs (C(OH)–C–C–N with tert-alkyl or cyclic N) is 1. The second kappa shape index (κ2) is 6.02. The van der Waals surface area contributed by atoms with Gasteiger partial charge in [-0.25, -0.2) is 4.79 Å². The van der Waals surface area contributed by atoms with Crippen molar-refractivity contribution in [1.82, 2.24) is 15.5 Å². The molecule has 0 aliphatic carbocycles. The van der Waals surface area contributed by atoms with Gasteiger partial charge in [0.2, 0.25) is 0 Å². The van der Waals surface area contributed by atoms with E-state index in [2.05, 4.69) is 10.6 Å². The summed E-state index contributed by atoms with van der Waals surface area (Å²) in [5.74, 6) is -0.143. The van der Waals surface area contributed by atoms with Crippen molar-refractivity contribution in [1.29, 1.82) is 0 Å². The van der Waals surface area contributed by atoms with Crippen molar-refractivity contribution in [2.75, 3.05) is 26.0 Å². The first kappa shape index (κ1) is 14.9. The molecule has 1 unspecified atom stereocenters. The third-order valence-electron chi connectivity index (χ3n) is 3.84. The maximum absolute atomic E-state index is 12.5. The van der Waals surface area contributed by atoms with Crippen molar-refractivity contribution in [2.45, 2.75) is 10.9 Å². The molecule has 2 heterocycles. The van der Waals surface area contributed by atoms with Crippen LogP contribution in [0, 0.1) is 0 Å². The van der Waals surface area contributed by atoms with Crippen molar-refractivity contribution in [3.05, 3.63) is 41.1 Å². The molecule has 3 rings (SSSR count). The van der Waals surface area contributed by atoms with Crippen LogP contribution in [-0.2, 0) is 4.79 Å². The van der Waals surface area contributed by atoms with Gasteiger partial charge in [-0.1, -0.05) is 12.1 Å². The second-order valence-corrected chi connectivity index (χ2v) is 6.03. The zero-order valence-electron chi connectivity index (χ0n) is 12.1. The molecule has 0 aromatic heterocycles. The molecule has 7 heteroatoms. The minimum Gasteiger partial charge on any atom is -0.395 e. The van der Waals surface area contributed by atoms with E-state index in [1.54, 1.807) is 16.7 Å². The van der Waals surface area contributed by atoms with E-state index in [9.17, 15) is 9.59 Å². The molecule has 2 aliphatic heterocycles. The number of hydrogen-bond acceptors (Lipinski definition) is 4. The minimum absolute atomic E-state index is 0.0965. The molecule has 0 bridgehead atoms. The zero-order valence-corrected chi connectivity index (χ0v) is 12.9. The number of nitrogens with one attached hydrogen (secondary N) is 2. The molecule has 0 saturated heterocycles. The summed E-state index contributed by atoms with van der Waals surface area (Å²) in [7, 11) is 0. The summed E-state index contributed by atoms with van der Waals surface area (Å²) >= 11 is 1.64. The van der Waals surface area contributed by atoms with E-state index in [4.69, 9.17) is 5.11 Å². The molecule has 3 N–H and O–H groups in total. The van der Waals surface area contributed by atoms with E-state index >= 15 is 0 Å². The molecule has 1 aromatic rings. The van der Waals surface area contributed by atoms with E-state index in [0.717, 1.165) is 10.5 Å². The molecule has 1 aromatic carbocycles. The van der Waals surface area contributed by atoms with E-state index in [1.807, 2.05) is 30.5 Å². The van der Waals surface area contributed by atoms with Gasteiger partial charge in [-0.15, -0.1) is 11.8 Å². The fourth-order valence-corrected chi connectivity index (χ4v) is 3.18. The van der Waals surface area contributed by atoms with Gasteiger partial charge in [-0.05, 0) is 24.0 Å². The van der Waals surface area contributed by atoms with Gasteiger partial charge in [-0.3, -0.25) is 4.79 Å². The Kier molecular flexibility index (Phi) is 4.08. The second-order valence-electron chi connectivity index (χ2n) is 5.15. The van der Waals surface area contributed by atoms with E-state index < -0.39 is 6.04 Å². The first-order valence-electron chi connectivity index (χ1n) is 6.98. The van der Waals surface area contributed by atoms with Crippen molar-refractivity contribution in [3.63, 3.8) is 0 Å². The van der Waals surface area contributed by atoms with Crippen LogP contribution in [0.2, 0.25) is 0 Å². The van der Waals surface area contributed by atoms with Gasteiger partial charge in [0.1, 0.15) is 0 Å². The van der Waals surface area contributed by atoms with Crippen LogP contribution in [0.15, 0.2) is 40.4 Å². The molecule has 1 atom stereocenters. The largest absolute Gasteiger partial charge is 0.395 e. The van der Waals surface area contributed by atoms with Crippen LogP contribution in [0.25, 0.3) is 0 Å². The van der Waals surface area contributed by atoms with Crippen LogP contribution in [-0.4, -0.2) is 47.9 Å². The molecule has 0 radical (unpaired) electrons. The molecule has 6 nitrogen and oxygen atoms in total. The van der Waals surface area contributed by atoms with Gasteiger partial charge in [0.25, 0.3) is 5.91 Å². The van der Waals surface area contributed by atoms with E-state index in [-0.39, 0.29) is 25.1 Å². The molecular formula is C15H17N3O3S. The monoisotopic (exact) mass is 319 g/mol. The Morgan fingerprint density at radius 3 is 2.68 bits per heavy atom. The molecule has 0 saturated carbocycles. The topological polar surface area (TPSA) is 81.7 Å². The molecule has 22 heavy (non-hydrogen) atoms. The van der Waals surface area contributed by atoms with E-state index in [0.29, 0.717) is 17.8 Å². The number of nitrogens with zero attached hydrogens (tertiary/aromatic N) is 1. The number of rotatable bonds is 4. The van der Waals surface area contributed by atoms with Crippen molar-refractivity contribution >= 4 is 23.7 Å². The highest BCUT2D eigenvalue weighted by Gasteiger charge is 2.39. The van der Waals surface area contributed by atoms with Crippen LogP contribution in [0.1, 0.15) is 11.6 Å². The van der Waals surface area contributed by atoms with Crippen LogP contribution >= 0.6 is 11.8 Å². The lowest BCUT2D eigenvalue weighted by Gasteiger charge is -2.25. The first-order chi connectivity index (χ1) is 10.6. The summed E-state index contributed by atoms with van der Waals surface area (Å²) in [6, 6.07) is 7.04. The predicted octanol–water partition coefficient (Wildman–Crippen LogP) is 0.851. The first-order valence-corrected chi connectivity index (χ1v) is 8.21. The number of thioether (sulfide) groups is 1. The number of carbonyl (C=O) groups is 2. The summed E-state index contributed by atoms with van der Waals surface area (Å²) in [5.41, 5.74) is 2.06. The van der Waals surface area contributed by atoms with Gasteiger partial charge < -0.3 is 20.6 Å². The Hall–Kier alpha value is -1.99. The van der Waals surface area contributed by atoms with Crippen LogP contribution in [0.4, 0.5) is 4.79 Å². The average molecular weight is 319 g/mol. The SMILES string of the molecule is CSc1ccc(C2NC(=O)NC3=C2C(=O)N(CCO)C3)cc1. The van der Waals surface area contributed by atoms with Crippen LogP contribution in [0.3, 0.4) is 0 Å². The van der Waals surface area contributed by atoms with Gasteiger partial charge in [0, 0.05) is 11.4 Å². The third kappa shape index (κ3) is 2.57. The molecular weight excluding hydrogens is 302 g/mol. The summed E-state index contributed by atoms with van der Waals surface area (Å²) in [5, 5.41) is 14.6. The number of hydrogen-bond donors (Lipinski definition) is 3. The molecule has 3 amide bonds. The Morgan fingerprint density at radius 1 is 1.32 bits per heavy atom. The smallest absolute Gasteiger partial charge is 0.319 e. The summed E-state index contributed by atoms with van der Waals surface area (Å²) in [6.07, 6.45) is 2.00. The van der Waals surface area contributed by atoms with Gasteiger partial charge in [0.05, 0.1) is 30.5 Å². The molecule has 0 spiro atoms. The number of amides is 3. The average Bonchev–Trinajstić information content (AvgIpc) is 2.83. The Bertz CT molecular complexity index is 642. The van der Waals surface area contributed by atoms with Crippen LogP contribution in [0.5, 0.6) is 0 Å².